The molecular formula is C16H17BrClNO2. The molecule has 1 aromatic carbocycles. The van der Waals surface area contributed by atoms with Gasteiger partial charge in [0.05, 0.1) is 12.9 Å². The maximum atomic E-state index is 6.14. The van der Waals surface area contributed by atoms with Crippen LogP contribution in [0.1, 0.15) is 29.7 Å². The smallest absolute Gasteiger partial charge is 0.197 e. The average Bonchev–Trinajstić information content (AvgIpc) is 3.06. The molecule has 0 amide bonds. The van der Waals surface area contributed by atoms with Gasteiger partial charge in [0, 0.05) is 22.5 Å². The minimum atomic E-state index is 0.115. The molecule has 1 atom stereocenters. The summed E-state index contributed by atoms with van der Waals surface area (Å²) in [5, 5.41) is 3.92. The third-order valence-electron chi connectivity index (χ3n) is 3.72. The van der Waals surface area contributed by atoms with E-state index in [0.717, 1.165) is 41.8 Å². The van der Waals surface area contributed by atoms with Crippen LogP contribution in [0.15, 0.2) is 33.4 Å². The summed E-state index contributed by atoms with van der Waals surface area (Å²) in [4.78, 5) is 0. The van der Waals surface area contributed by atoms with Crippen LogP contribution in [0.4, 0.5) is 0 Å². The van der Waals surface area contributed by atoms with Crippen LogP contribution in [0.2, 0.25) is 5.22 Å². The van der Waals surface area contributed by atoms with Gasteiger partial charge in [0.2, 0.25) is 0 Å². The van der Waals surface area contributed by atoms with Crippen molar-refractivity contribution < 1.29 is 9.15 Å². The first-order chi connectivity index (χ1) is 10.2. The van der Waals surface area contributed by atoms with E-state index in [2.05, 4.69) is 40.3 Å². The van der Waals surface area contributed by atoms with E-state index in [4.69, 9.17) is 20.8 Å². The van der Waals surface area contributed by atoms with Crippen molar-refractivity contribution in [3.05, 3.63) is 50.8 Å². The lowest BCUT2D eigenvalue weighted by Gasteiger charge is -2.19. The fourth-order valence-corrected chi connectivity index (χ4v) is 3.61. The minimum absolute atomic E-state index is 0.115. The highest BCUT2D eigenvalue weighted by atomic mass is 79.9. The van der Waals surface area contributed by atoms with Crippen molar-refractivity contribution in [1.29, 1.82) is 0 Å². The minimum Gasteiger partial charge on any atom is -0.493 e. The zero-order valence-electron chi connectivity index (χ0n) is 11.8. The summed E-state index contributed by atoms with van der Waals surface area (Å²) < 4.78 is 12.1. The largest absolute Gasteiger partial charge is 0.493 e. The summed E-state index contributed by atoms with van der Waals surface area (Å²) in [6.45, 7) is 3.71. The van der Waals surface area contributed by atoms with E-state index in [-0.39, 0.29) is 6.04 Å². The Balaban J connectivity index is 1.92. The van der Waals surface area contributed by atoms with E-state index < -0.39 is 0 Å². The molecule has 0 bridgehead atoms. The van der Waals surface area contributed by atoms with Crippen LogP contribution >= 0.6 is 27.5 Å². The second-order valence-electron chi connectivity index (χ2n) is 5.12. The molecule has 0 aliphatic carbocycles. The van der Waals surface area contributed by atoms with Gasteiger partial charge >= 0.3 is 0 Å². The second-order valence-corrected chi connectivity index (χ2v) is 6.37. The summed E-state index contributed by atoms with van der Waals surface area (Å²) in [5.74, 6) is 1.03. The van der Waals surface area contributed by atoms with Gasteiger partial charge < -0.3 is 14.5 Å². The third kappa shape index (κ3) is 3.12. The molecule has 2 aromatic rings. The molecule has 0 radical (unpaired) electrons. The van der Waals surface area contributed by atoms with E-state index >= 15 is 0 Å². The zero-order chi connectivity index (χ0) is 14.8. The molecule has 3 rings (SSSR count). The number of rotatable bonds is 5. The molecule has 5 heteroatoms. The van der Waals surface area contributed by atoms with E-state index in [1.54, 1.807) is 6.26 Å². The van der Waals surface area contributed by atoms with Crippen LogP contribution in [0.3, 0.4) is 0 Å². The Bertz CT molecular complexity index is 641. The second kappa shape index (κ2) is 6.42. The number of hydrogen-bond acceptors (Lipinski definition) is 3. The van der Waals surface area contributed by atoms with Crippen LogP contribution in [0.25, 0.3) is 0 Å². The lowest BCUT2D eigenvalue weighted by Crippen LogP contribution is -2.23. The lowest BCUT2D eigenvalue weighted by molar-refractivity contribution is 0.351. The standard InChI is InChI=1S/C16H17BrClNO2/c1-2-19-14(13-4-6-21-16(13)18)9-11-8-12(17)7-10-3-5-20-15(10)11/h4,6-8,14,19H,2-3,5,9H2,1H3. The first-order valence-electron chi connectivity index (χ1n) is 7.09. The van der Waals surface area contributed by atoms with Gasteiger partial charge in [-0.1, -0.05) is 22.9 Å². The number of likely N-dealkylation sites (N-methyl/N-ethyl adjacent to an activating group) is 1. The van der Waals surface area contributed by atoms with Crippen molar-refractivity contribution in [2.24, 2.45) is 0 Å². The first kappa shape index (κ1) is 14.9. The van der Waals surface area contributed by atoms with Crippen LogP contribution in [-0.2, 0) is 12.8 Å². The third-order valence-corrected chi connectivity index (χ3v) is 4.49. The molecule has 0 spiro atoms. The average molecular weight is 371 g/mol. The van der Waals surface area contributed by atoms with Crippen molar-refractivity contribution >= 4 is 27.5 Å². The van der Waals surface area contributed by atoms with Crippen LogP contribution in [0, 0.1) is 0 Å². The van der Waals surface area contributed by atoms with Gasteiger partial charge in [0.15, 0.2) is 5.22 Å². The Morgan fingerprint density at radius 1 is 1.43 bits per heavy atom. The Hall–Kier alpha value is -0.970. The van der Waals surface area contributed by atoms with Crippen molar-refractivity contribution in [3.63, 3.8) is 0 Å². The van der Waals surface area contributed by atoms with Gasteiger partial charge in [0.25, 0.3) is 0 Å². The normalized spacial score (nSPS) is 14.8. The molecule has 2 heterocycles. The molecule has 1 aliphatic rings. The molecular weight excluding hydrogens is 354 g/mol. The maximum Gasteiger partial charge on any atom is 0.197 e. The van der Waals surface area contributed by atoms with Crippen LogP contribution in [0.5, 0.6) is 5.75 Å². The molecule has 0 saturated carbocycles. The number of benzene rings is 1. The van der Waals surface area contributed by atoms with E-state index in [1.807, 2.05) is 6.07 Å². The van der Waals surface area contributed by atoms with E-state index in [1.165, 1.54) is 11.1 Å². The number of ether oxygens (including phenoxy) is 1. The van der Waals surface area contributed by atoms with Crippen LogP contribution in [-0.4, -0.2) is 13.2 Å². The predicted octanol–water partition coefficient (Wildman–Crippen LogP) is 4.52. The molecule has 112 valence electrons. The lowest BCUT2D eigenvalue weighted by atomic mass is 9.98. The van der Waals surface area contributed by atoms with Crippen LogP contribution < -0.4 is 10.1 Å². The molecule has 1 N–H and O–H groups in total. The Labute approximate surface area is 137 Å². The zero-order valence-corrected chi connectivity index (χ0v) is 14.1. The Morgan fingerprint density at radius 3 is 3.00 bits per heavy atom. The van der Waals surface area contributed by atoms with Gasteiger partial charge in [-0.2, -0.15) is 0 Å². The van der Waals surface area contributed by atoms with Gasteiger partial charge in [-0.25, -0.2) is 0 Å². The summed E-state index contributed by atoms with van der Waals surface area (Å²) >= 11 is 9.73. The monoisotopic (exact) mass is 369 g/mol. The quantitative estimate of drug-likeness (QED) is 0.840. The molecule has 1 aromatic heterocycles. The molecule has 0 saturated heterocycles. The van der Waals surface area contributed by atoms with Crippen molar-refractivity contribution in [3.8, 4) is 5.75 Å². The topological polar surface area (TPSA) is 34.4 Å². The summed E-state index contributed by atoms with van der Waals surface area (Å²) in [5.41, 5.74) is 3.46. The molecule has 3 nitrogen and oxygen atoms in total. The number of fused-ring (bicyclic) bond motifs is 1. The highest BCUT2D eigenvalue weighted by molar-refractivity contribution is 9.10. The van der Waals surface area contributed by atoms with E-state index in [0.29, 0.717) is 5.22 Å². The molecule has 21 heavy (non-hydrogen) atoms. The number of furan rings is 1. The summed E-state index contributed by atoms with van der Waals surface area (Å²) in [6.07, 6.45) is 3.42. The Kier molecular flexibility index (Phi) is 4.57. The van der Waals surface area contributed by atoms with E-state index in [9.17, 15) is 0 Å². The first-order valence-corrected chi connectivity index (χ1v) is 8.26. The summed E-state index contributed by atoms with van der Waals surface area (Å²) in [7, 11) is 0. The SMILES string of the molecule is CCNC(Cc1cc(Br)cc2c1OCC2)c1ccoc1Cl. The fourth-order valence-electron chi connectivity index (χ4n) is 2.81. The van der Waals surface area contributed by atoms with Gasteiger partial charge in [-0.3, -0.25) is 0 Å². The predicted molar refractivity (Wildman–Crippen MR) is 87.2 cm³/mol. The molecule has 1 aliphatic heterocycles. The molecule has 1 unspecified atom stereocenters. The number of hydrogen-bond donors (Lipinski definition) is 1. The van der Waals surface area contributed by atoms with Gasteiger partial charge in [-0.15, -0.1) is 0 Å². The Morgan fingerprint density at radius 2 is 2.29 bits per heavy atom. The highest BCUT2D eigenvalue weighted by Crippen LogP contribution is 2.36. The van der Waals surface area contributed by atoms with Crippen molar-refractivity contribution in [1.82, 2.24) is 5.32 Å². The van der Waals surface area contributed by atoms with Gasteiger partial charge in [0.1, 0.15) is 5.75 Å². The number of halogens is 2. The van der Waals surface area contributed by atoms with Gasteiger partial charge in [-0.05, 0) is 53.9 Å². The maximum absolute atomic E-state index is 6.14. The van der Waals surface area contributed by atoms with Crippen molar-refractivity contribution in [2.75, 3.05) is 13.2 Å². The fraction of sp³-hybridized carbons (Fsp3) is 0.375. The highest BCUT2D eigenvalue weighted by Gasteiger charge is 2.22. The van der Waals surface area contributed by atoms with Crippen molar-refractivity contribution in [2.45, 2.75) is 25.8 Å². The molecule has 0 fully saturated rings. The number of nitrogens with one attached hydrogen (secondary N) is 1. The summed E-state index contributed by atoms with van der Waals surface area (Å²) in [6, 6.07) is 6.31.